The van der Waals surface area contributed by atoms with Crippen molar-refractivity contribution in [1.29, 1.82) is 0 Å². The van der Waals surface area contributed by atoms with Crippen LogP contribution in [0.1, 0.15) is 43.7 Å². The van der Waals surface area contributed by atoms with Gasteiger partial charge in [-0.2, -0.15) is 11.8 Å². The lowest BCUT2D eigenvalue weighted by Crippen LogP contribution is -2.81. The number of phenolic OH excluding ortho intramolecular Hbond substituents is 1. The maximum Gasteiger partial charge on any atom is 0.230 e. The number of nitrogens with one attached hydrogen (secondary N) is 1. The first kappa shape index (κ1) is 20.8. The van der Waals surface area contributed by atoms with Crippen LogP contribution < -0.4 is 10.1 Å². The van der Waals surface area contributed by atoms with Gasteiger partial charge in [0.1, 0.15) is 5.78 Å². The molecule has 2 aliphatic carbocycles. The summed E-state index contributed by atoms with van der Waals surface area (Å²) < 4.78 is 6.18. The maximum atomic E-state index is 13.1. The molecule has 4 aliphatic rings. The highest BCUT2D eigenvalue weighted by Gasteiger charge is 2.73. The van der Waals surface area contributed by atoms with Crippen LogP contribution in [0, 0.1) is 0 Å². The Balaban J connectivity index is 1.55. The Labute approximate surface area is 185 Å². The number of aromatic hydroxyl groups is 1. The summed E-state index contributed by atoms with van der Waals surface area (Å²) in [5.41, 5.74) is 0.755. The quantitative estimate of drug-likeness (QED) is 0.643. The van der Waals surface area contributed by atoms with Gasteiger partial charge in [0, 0.05) is 30.2 Å². The van der Waals surface area contributed by atoms with Crippen molar-refractivity contribution in [3.8, 4) is 11.5 Å². The monoisotopic (exact) mass is 444 g/mol. The summed E-state index contributed by atoms with van der Waals surface area (Å²) in [5.74, 6) is 1.49. The fraction of sp³-hybridized carbons (Fsp3) is 0.609. The van der Waals surface area contributed by atoms with Crippen LogP contribution in [0.4, 0.5) is 0 Å². The van der Waals surface area contributed by atoms with Crippen LogP contribution in [0.3, 0.4) is 0 Å². The minimum absolute atomic E-state index is 0.0486. The number of phenols is 1. The van der Waals surface area contributed by atoms with E-state index in [4.69, 9.17) is 4.74 Å². The van der Waals surface area contributed by atoms with Gasteiger partial charge in [0.2, 0.25) is 5.91 Å². The minimum Gasteiger partial charge on any atom is -0.504 e. The Morgan fingerprint density at radius 2 is 2.16 bits per heavy atom. The molecule has 5 rings (SSSR count). The Bertz CT molecular complexity index is 981. The fourth-order valence-electron chi connectivity index (χ4n) is 6.50. The molecule has 7 nitrogen and oxygen atoms in total. The number of hydrogen-bond acceptors (Lipinski definition) is 7. The number of thioether (sulfide) groups is 1. The van der Waals surface area contributed by atoms with Crippen molar-refractivity contribution in [2.45, 2.75) is 62.1 Å². The number of amides is 1. The molecule has 1 aromatic carbocycles. The predicted molar refractivity (Wildman–Crippen MR) is 117 cm³/mol. The summed E-state index contributed by atoms with van der Waals surface area (Å²) in [6.07, 6.45) is 2.13. The van der Waals surface area contributed by atoms with Crippen LogP contribution in [0.25, 0.3) is 0 Å². The number of rotatable bonds is 6. The molecular weight excluding hydrogens is 416 g/mol. The summed E-state index contributed by atoms with van der Waals surface area (Å²) >= 11 is 1.46. The van der Waals surface area contributed by atoms with Gasteiger partial charge in [-0.15, -0.1) is 0 Å². The van der Waals surface area contributed by atoms with Crippen LogP contribution in [0.5, 0.6) is 11.5 Å². The summed E-state index contributed by atoms with van der Waals surface area (Å²) in [6.45, 7) is 2.36. The van der Waals surface area contributed by atoms with Gasteiger partial charge in [0.25, 0.3) is 0 Å². The van der Waals surface area contributed by atoms with E-state index in [1.807, 2.05) is 6.07 Å². The van der Waals surface area contributed by atoms with E-state index in [2.05, 4.69) is 17.3 Å². The average Bonchev–Trinajstić information content (AvgIpc) is 3.08. The number of nitrogens with zero attached hydrogens (tertiary/aromatic N) is 1. The second-order valence-electron chi connectivity index (χ2n) is 9.36. The fourth-order valence-corrected chi connectivity index (χ4v) is 7.34. The lowest BCUT2D eigenvalue weighted by Gasteiger charge is -2.64. The van der Waals surface area contributed by atoms with E-state index in [1.54, 1.807) is 13.0 Å². The van der Waals surface area contributed by atoms with E-state index in [9.17, 15) is 19.5 Å². The van der Waals surface area contributed by atoms with Gasteiger partial charge in [-0.25, -0.2) is 0 Å². The van der Waals surface area contributed by atoms with Gasteiger partial charge in [-0.3, -0.25) is 14.4 Å². The van der Waals surface area contributed by atoms with Crippen molar-refractivity contribution in [2.24, 2.45) is 0 Å². The summed E-state index contributed by atoms with van der Waals surface area (Å²) in [4.78, 5) is 39.7. The lowest BCUT2D eigenvalue weighted by atomic mass is 9.47. The Hall–Kier alpha value is -2.06. The zero-order valence-corrected chi connectivity index (χ0v) is 18.7. The van der Waals surface area contributed by atoms with Crippen LogP contribution in [0.15, 0.2) is 12.1 Å². The van der Waals surface area contributed by atoms with E-state index in [0.717, 1.165) is 24.1 Å². The highest BCUT2D eigenvalue weighted by Crippen LogP contribution is 2.64. The Kier molecular flexibility index (Phi) is 4.86. The Morgan fingerprint density at radius 3 is 2.94 bits per heavy atom. The van der Waals surface area contributed by atoms with E-state index in [1.165, 1.54) is 11.8 Å². The zero-order valence-electron chi connectivity index (χ0n) is 17.9. The van der Waals surface area contributed by atoms with Crippen LogP contribution in [-0.4, -0.2) is 70.3 Å². The van der Waals surface area contributed by atoms with E-state index < -0.39 is 17.1 Å². The molecule has 1 unspecified atom stereocenters. The third kappa shape index (κ3) is 2.80. The van der Waals surface area contributed by atoms with E-state index >= 15 is 0 Å². The van der Waals surface area contributed by atoms with Crippen molar-refractivity contribution < 1.29 is 24.2 Å². The number of piperidine rings is 1. The molecule has 2 bridgehead atoms. The number of likely N-dealkylation sites (tertiary alicyclic amines) is 1. The molecule has 1 spiro atoms. The van der Waals surface area contributed by atoms with E-state index in [0.29, 0.717) is 37.2 Å². The first-order valence-electron chi connectivity index (χ1n) is 10.9. The van der Waals surface area contributed by atoms with Gasteiger partial charge >= 0.3 is 0 Å². The maximum absolute atomic E-state index is 13.1. The van der Waals surface area contributed by atoms with Gasteiger partial charge in [0.05, 0.1) is 16.7 Å². The van der Waals surface area contributed by atoms with Crippen molar-refractivity contribution in [1.82, 2.24) is 10.2 Å². The van der Waals surface area contributed by atoms with Crippen molar-refractivity contribution >= 4 is 29.2 Å². The molecular formula is C23H28N2O5S. The topological polar surface area (TPSA) is 95.9 Å². The predicted octanol–water partition coefficient (Wildman–Crippen LogP) is 1.58. The summed E-state index contributed by atoms with van der Waals surface area (Å²) in [5, 5.41) is 13.9. The number of ether oxygens (including phenoxy) is 1. The largest absolute Gasteiger partial charge is 0.504 e. The second-order valence-corrected chi connectivity index (χ2v) is 10.5. The highest BCUT2D eigenvalue weighted by atomic mass is 32.2. The second kappa shape index (κ2) is 7.24. The summed E-state index contributed by atoms with van der Waals surface area (Å²) in [6, 6.07) is 3.64. The third-order valence-corrected chi connectivity index (χ3v) is 8.73. The first-order valence-corrected chi connectivity index (χ1v) is 12.1. The SMILES string of the molecule is CC(=O)CCSCC(=O)N[C@@]12CCC(=O)[C@@H]3Oc4c(O)ccc5c4[C@@]31CCN(C)C2C5. The Morgan fingerprint density at radius 1 is 1.35 bits per heavy atom. The molecule has 0 radical (unpaired) electrons. The van der Waals surface area contributed by atoms with Crippen LogP contribution >= 0.6 is 11.8 Å². The molecule has 1 saturated carbocycles. The molecule has 2 aliphatic heterocycles. The number of Topliss-reactive ketones (excluding diaryl/α,β-unsaturated/α-hetero) is 2. The molecule has 8 heteroatoms. The molecule has 2 heterocycles. The smallest absolute Gasteiger partial charge is 0.230 e. The molecule has 1 amide bonds. The molecule has 4 atom stereocenters. The molecule has 31 heavy (non-hydrogen) atoms. The van der Waals surface area contributed by atoms with Crippen molar-refractivity contribution in [3.63, 3.8) is 0 Å². The van der Waals surface area contributed by atoms with Crippen molar-refractivity contribution in [2.75, 3.05) is 25.1 Å². The van der Waals surface area contributed by atoms with E-state index in [-0.39, 0.29) is 35.0 Å². The number of likely N-dealkylation sites (N-methyl/N-ethyl adjacent to an activating group) is 1. The average molecular weight is 445 g/mol. The molecule has 2 N–H and O–H groups in total. The normalized spacial score (nSPS) is 32.9. The highest BCUT2D eigenvalue weighted by molar-refractivity contribution is 7.99. The number of carbonyl (C=O) groups is 3. The number of ketones is 2. The minimum atomic E-state index is -0.675. The number of benzene rings is 1. The van der Waals surface area contributed by atoms with Crippen molar-refractivity contribution in [3.05, 3.63) is 23.3 Å². The number of carbonyl (C=O) groups excluding carboxylic acids is 3. The number of hydrogen-bond donors (Lipinski definition) is 2. The molecule has 1 aromatic rings. The van der Waals surface area contributed by atoms with Gasteiger partial charge in [0.15, 0.2) is 23.4 Å². The third-order valence-electron chi connectivity index (χ3n) is 7.77. The van der Waals surface area contributed by atoms with Gasteiger partial charge < -0.3 is 20.1 Å². The molecule has 2 fully saturated rings. The summed E-state index contributed by atoms with van der Waals surface area (Å²) in [7, 11) is 2.08. The lowest BCUT2D eigenvalue weighted by molar-refractivity contribution is -0.148. The van der Waals surface area contributed by atoms with Gasteiger partial charge in [-0.1, -0.05) is 6.07 Å². The molecule has 166 valence electrons. The van der Waals surface area contributed by atoms with Gasteiger partial charge in [-0.05, 0) is 51.4 Å². The standard InChI is InChI=1S/C23H28N2O5S/c1-13(26)6-10-31-12-18(29)24-23-7-5-16(28)21-22(23)8-9-25(2)17(23)11-14-3-4-15(27)20(30-21)19(14)22/h3-4,17,21,27H,5-12H2,1-2H3,(H,24,29)/t17?,21-,22-,23+/m0/s1. The molecule has 0 aromatic heterocycles. The zero-order chi connectivity index (χ0) is 22.0. The first-order chi connectivity index (χ1) is 14.8. The van der Waals surface area contributed by atoms with Crippen LogP contribution in [0.2, 0.25) is 0 Å². The van der Waals surface area contributed by atoms with Crippen LogP contribution in [-0.2, 0) is 26.2 Å². The molecule has 1 saturated heterocycles.